The van der Waals surface area contributed by atoms with Crippen LogP contribution in [0.5, 0.6) is 0 Å². The van der Waals surface area contributed by atoms with Crippen molar-refractivity contribution in [2.75, 3.05) is 13.2 Å². The lowest BCUT2D eigenvalue weighted by Gasteiger charge is -2.15. The van der Waals surface area contributed by atoms with E-state index in [4.69, 9.17) is 22.3 Å². The monoisotopic (exact) mass is 204 g/mol. The lowest BCUT2D eigenvalue weighted by molar-refractivity contribution is -0.141. The molecule has 0 amide bonds. The first kappa shape index (κ1) is 12.4. The van der Waals surface area contributed by atoms with Crippen LogP contribution in [0.2, 0.25) is 0 Å². The zero-order valence-electron chi connectivity index (χ0n) is 7.48. The molecule has 0 bridgehead atoms. The van der Waals surface area contributed by atoms with E-state index in [9.17, 15) is 9.18 Å². The Morgan fingerprint density at radius 3 is 2.50 bits per heavy atom. The van der Waals surface area contributed by atoms with Crippen LogP contribution in [0.1, 0.15) is 0 Å². The van der Waals surface area contributed by atoms with Gasteiger partial charge < -0.3 is 22.3 Å². The van der Waals surface area contributed by atoms with Crippen LogP contribution >= 0.6 is 0 Å². The number of aliphatic imine (C=N–C) groups is 1. The summed E-state index contributed by atoms with van der Waals surface area (Å²) in [6.45, 7) is -1.13. The first-order chi connectivity index (χ1) is 6.42. The van der Waals surface area contributed by atoms with Gasteiger partial charge in [-0.3, -0.25) is 0 Å². The second kappa shape index (κ2) is 5.18. The van der Waals surface area contributed by atoms with Gasteiger partial charge in [0.2, 0.25) is 0 Å². The zero-order valence-corrected chi connectivity index (χ0v) is 7.48. The van der Waals surface area contributed by atoms with E-state index in [0.29, 0.717) is 0 Å². The number of aliphatic carboxylic acids is 1. The van der Waals surface area contributed by atoms with E-state index in [1.54, 1.807) is 0 Å². The maximum absolute atomic E-state index is 12.2. The Bertz CT molecular complexity index is 262. The number of hydrogen-bond acceptors (Lipinski definition) is 3. The van der Waals surface area contributed by atoms with Gasteiger partial charge in [-0.05, 0) is 0 Å². The molecule has 7 N–H and O–H groups in total. The molecule has 0 fully saturated rings. The molecule has 7 heteroatoms. The van der Waals surface area contributed by atoms with Gasteiger partial charge in [-0.1, -0.05) is 12.2 Å². The van der Waals surface area contributed by atoms with E-state index in [1.807, 2.05) is 0 Å². The van der Waals surface area contributed by atoms with Crippen LogP contribution < -0.4 is 17.2 Å². The third kappa shape index (κ3) is 3.85. The number of halogens is 1. The van der Waals surface area contributed by atoms with Crippen molar-refractivity contribution in [2.45, 2.75) is 5.54 Å². The summed E-state index contributed by atoms with van der Waals surface area (Å²) in [6.07, 6.45) is 2.30. The van der Waals surface area contributed by atoms with E-state index in [1.165, 1.54) is 6.08 Å². The van der Waals surface area contributed by atoms with Crippen molar-refractivity contribution in [1.82, 2.24) is 0 Å². The van der Waals surface area contributed by atoms with Crippen LogP contribution in [0.4, 0.5) is 4.39 Å². The van der Waals surface area contributed by atoms with E-state index in [-0.39, 0.29) is 12.5 Å². The predicted octanol–water partition coefficient (Wildman–Crippen LogP) is -1.43. The molecule has 14 heavy (non-hydrogen) atoms. The van der Waals surface area contributed by atoms with Gasteiger partial charge in [0.25, 0.3) is 0 Å². The Morgan fingerprint density at radius 1 is 1.57 bits per heavy atom. The summed E-state index contributed by atoms with van der Waals surface area (Å²) >= 11 is 0. The van der Waals surface area contributed by atoms with Gasteiger partial charge >= 0.3 is 5.97 Å². The maximum Gasteiger partial charge on any atom is 0.330 e. The zero-order chi connectivity index (χ0) is 11.2. The molecule has 0 aliphatic carbocycles. The van der Waals surface area contributed by atoms with Crippen LogP contribution in [-0.4, -0.2) is 35.8 Å². The van der Waals surface area contributed by atoms with Crippen LogP contribution in [0, 0.1) is 0 Å². The quantitative estimate of drug-likeness (QED) is 0.248. The van der Waals surface area contributed by atoms with Crippen molar-refractivity contribution in [3.8, 4) is 0 Å². The Balaban J connectivity index is 4.32. The molecule has 0 aromatic heterocycles. The summed E-state index contributed by atoms with van der Waals surface area (Å²) in [5.41, 5.74) is 13.2. The van der Waals surface area contributed by atoms with Gasteiger partial charge in [-0.15, -0.1) is 0 Å². The number of hydrogen-bond donors (Lipinski definition) is 4. The third-order valence-electron chi connectivity index (χ3n) is 1.41. The molecular weight excluding hydrogens is 191 g/mol. The summed E-state index contributed by atoms with van der Waals surface area (Å²) in [7, 11) is 0. The van der Waals surface area contributed by atoms with Crippen molar-refractivity contribution < 1.29 is 14.3 Å². The topological polar surface area (TPSA) is 128 Å². The van der Waals surface area contributed by atoms with Gasteiger partial charge in [-0.25, -0.2) is 14.2 Å². The molecule has 0 aliphatic rings. The van der Waals surface area contributed by atoms with Gasteiger partial charge in [0.1, 0.15) is 6.67 Å². The lowest BCUT2D eigenvalue weighted by atomic mass is 10.0. The molecular formula is C7H13FN4O2. The number of carboxylic acid groups (broad SMARTS) is 1. The average molecular weight is 204 g/mol. The number of rotatable bonds is 5. The van der Waals surface area contributed by atoms with Crippen molar-refractivity contribution in [3.63, 3.8) is 0 Å². The van der Waals surface area contributed by atoms with E-state index in [2.05, 4.69) is 4.99 Å². The lowest BCUT2D eigenvalue weighted by Crippen LogP contribution is -2.48. The average Bonchev–Trinajstić information content (AvgIpc) is 2.11. The Morgan fingerprint density at radius 2 is 2.14 bits per heavy atom. The standard InChI is InChI=1S/C7H13FN4O2/c8-4-7(11,5(13)14)2-1-3-12-6(9)10/h1-2H,3-4,11H2,(H,13,14)(H4,9,10,12)/b2-1+. The van der Waals surface area contributed by atoms with E-state index >= 15 is 0 Å². The largest absolute Gasteiger partial charge is 0.480 e. The highest BCUT2D eigenvalue weighted by molar-refractivity contribution is 5.81. The minimum absolute atomic E-state index is 0.0641. The second-order valence-corrected chi connectivity index (χ2v) is 2.65. The fraction of sp³-hybridized carbons (Fsp3) is 0.429. The Hall–Kier alpha value is -1.63. The SMILES string of the molecule is NC(N)=NC/C=C/C(N)(CF)C(=O)O. The fourth-order valence-electron chi connectivity index (χ4n) is 0.594. The molecule has 0 radical (unpaired) electrons. The van der Waals surface area contributed by atoms with Crippen LogP contribution in [-0.2, 0) is 4.79 Å². The van der Waals surface area contributed by atoms with Crippen LogP contribution in [0.25, 0.3) is 0 Å². The smallest absolute Gasteiger partial charge is 0.330 e. The minimum Gasteiger partial charge on any atom is -0.480 e. The first-order valence-electron chi connectivity index (χ1n) is 3.73. The van der Waals surface area contributed by atoms with E-state index in [0.717, 1.165) is 6.08 Å². The number of alkyl halides is 1. The van der Waals surface area contributed by atoms with Crippen molar-refractivity contribution >= 4 is 11.9 Å². The molecule has 1 atom stereocenters. The van der Waals surface area contributed by atoms with Gasteiger partial charge in [0, 0.05) is 0 Å². The van der Waals surface area contributed by atoms with Gasteiger partial charge in [-0.2, -0.15) is 0 Å². The highest BCUT2D eigenvalue weighted by Gasteiger charge is 2.30. The van der Waals surface area contributed by atoms with Crippen molar-refractivity contribution in [3.05, 3.63) is 12.2 Å². The summed E-state index contributed by atoms with van der Waals surface area (Å²) in [5.74, 6) is -1.58. The summed E-state index contributed by atoms with van der Waals surface area (Å²) in [6, 6.07) is 0. The molecule has 0 heterocycles. The molecule has 0 aromatic carbocycles. The highest BCUT2D eigenvalue weighted by Crippen LogP contribution is 2.04. The second-order valence-electron chi connectivity index (χ2n) is 2.65. The molecule has 0 rings (SSSR count). The summed E-state index contributed by atoms with van der Waals surface area (Å²) in [5, 5.41) is 8.54. The molecule has 0 saturated heterocycles. The summed E-state index contributed by atoms with van der Waals surface area (Å²) < 4.78 is 12.2. The van der Waals surface area contributed by atoms with Crippen LogP contribution in [0.15, 0.2) is 17.1 Å². The minimum atomic E-state index is -2.00. The van der Waals surface area contributed by atoms with Crippen LogP contribution in [0.3, 0.4) is 0 Å². The fourth-order valence-corrected chi connectivity index (χ4v) is 0.594. The number of carboxylic acids is 1. The molecule has 0 aliphatic heterocycles. The Kier molecular flexibility index (Phi) is 4.57. The number of nitrogens with zero attached hydrogens (tertiary/aromatic N) is 1. The molecule has 1 unspecified atom stereocenters. The third-order valence-corrected chi connectivity index (χ3v) is 1.41. The highest BCUT2D eigenvalue weighted by atomic mass is 19.1. The maximum atomic E-state index is 12.2. The predicted molar refractivity (Wildman–Crippen MR) is 50.3 cm³/mol. The number of guanidine groups is 1. The normalized spacial score (nSPS) is 15.0. The Labute approximate surface area is 80.3 Å². The molecule has 0 aromatic rings. The number of carbonyl (C=O) groups is 1. The first-order valence-corrected chi connectivity index (χ1v) is 3.73. The summed E-state index contributed by atoms with van der Waals surface area (Å²) in [4.78, 5) is 14.0. The molecule has 0 saturated carbocycles. The van der Waals surface area contributed by atoms with E-state index < -0.39 is 18.2 Å². The van der Waals surface area contributed by atoms with Gasteiger partial charge in [0.15, 0.2) is 11.5 Å². The molecule has 0 spiro atoms. The number of nitrogens with two attached hydrogens (primary N) is 3. The molecule has 80 valence electrons. The molecule has 6 nitrogen and oxygen atoms in total. The van der Waals surface area contributed by atoms with Gasteiger partial charge in [0.05, 0.1) is 6.54 Å². The van der Waals surface area contributed by atoms with Crippen molar-refractivity contribution in [2.24, 2.45) is 22.2 Å². The van der Waals surface area contributed by atoms with Crippen molar-refractivity contribution in [1.29, 1.82) is 0 Å².